The number of methoxy groups -OCH3 is 2. The first kappa shape index (κ1) is 106. The van der Waals surface area contributed by atoms with Crippen molar-refractivity contribution in [3.05, 3.63) is 0 Å². The third-order valence-electron chi connectivity index (χ3n) is 23.4. The van der Waals surface area contributed by atoms with Gasteiger partial charge in [-0.1, -0.05) is 13.8 Å². The molecule has 11 saturated heterocycles. The van der Waals surface area contributed by atoms with Gasteiger partial charge in [-0.15, -0.1) is 0 Å². The normalized spacial score (nSPS) is 52.5. The average molecular weight is 1850 g/mol. The van der Waals surface area contributed by atoms with Crippen LogP contribution in [0.15, 0.2) is 0 Å². The number of rotatable bonds is 28. The quantitative estimate of drug-likeness (QED) is 0.0346. The van der Waals surface area contributed by atoms with E-state index in [4.69, 9.17) is 105 Å². The van der Waals surface area contributed by atoms with Crippen LogP contribution in [-0.4, -0.2) is 585 Å². The molecule has 11 rings (SSSR count). The van der Waals surface area contributed by atoms with Crippen LogP contribution in [-0.2, 0) is 99.5 Å². The second-order valence-corrected chi connectivity index (χ2v) is 31.5. The van der Waals surface area contributed by atoms with Gasteiger partial charge in [-0.25, -0.2) is 0 Å². The Hall–Kier alpha value is -2.24. The zero-order valence-electron chi connectivity index (χ0n) is 67.1. The lowest BCUT2D eigenvalue weighted by Crippen LogP contribution is -2.68. The van der Waals surface area contributed by atoms with Crippen molar-refractivity contribution in [2.24, 2.45) is 11.8 Å². The Morgan fingerprint density at radius 3 is 0.576 bits per heavy atom. The summed E-state index contributed by atoms with van der Waals surface area (Å²) in [6.45, 7) is -4.88. The molecular weight excluding hydrogens is 1720 g/mol. The van der Waals surface area contributed by atoms with E-state index in [-0.39, 0.29) is 0 Å². The van der Waals surface area contributed by atoms with Crippen LogP contribution >= 0.6 is 0 Å². The van der Waals surface area contributed by atoms with Crippen molar-refractivity contribution in [1.29, 1.82) is 0 Å². The summed E-state index contributed by atoms with van der Waals surface area (Å²) in [5, 5.41) is 362. The highest BCUT2D eigenvalue weighted by Gasteiger charge is 2.61. The predicted octanol–water partition coefficient (Wildman–Crippen LogP) is -23.3. The predicted molar refractivity (Wildman–Crippen MR) is 380 cm³/mol. The maximum absolute atomic E-state index is 11.8. The summed E-state index contributed by atoms with van der Waals surface area (Å²) in [6, 6.07) is 0. The molecule has 11 aliphatic heterocycles. The topological polar surface area (TPSA) is 902 Å². The van der Waals surface area contributed by atoms with Crippen LogP contribution < -0.4 is 0 Å². The van der Waals surface area contributed by atoms with Gasteiger partial charge in [0, 0.05) is 26.1 Å². The molecular formula is C69H122O56. The fraction of sp³-hybridized carbons (Fsp3) is 1.00. The van der Waals surface area contributed by atoms with Crippen molar-refractivity contribution in [3.63, 3.8) is 0 Å². The van der Waals surface area contributed by atoms with Crippen LogP contribution in [0.3, 0.4) is 0 Å². The molecule has 125 heavy (non-hydrogen) atoms. The molecule has 0 spiro atoms. The number of aliphatic hydroxyl groups is 35. The number of ether oxygens (including phenoxy) is 21. The minimum absolute atomic E-state index is 0.515. The van der Waals surface area contributed by atoms with Gasteiger partial charge in [0.15, 0.2) is 75.5 Å². The van der Waals surface area contributed by atoms with Crippen LogP contribution in [0.2, 0.25) is 0 Å². The Morgan fingerprint density at radius 2 is 0.328 bits per heavy atom. The summed E-state index contributed by atoms with van der Waals surface area (Å²) >= 11 is 0. The minimum Gasteiger partial charge on any atom is -0.394 e. The van der Waals surface area contributed by atoms with Crippen molar-refractivity contribution >= 4 is 0 Å². The number of aliphatic hydroxyl groups excluding tert-OH is 35. The van der Waals surface area contributed by atoms with Gasteiger partial charge in [0.05, 0.1) is 78.3 Å². The average Bonchev–Trinajstić information content (AvgIpc) is 0.769. The fourth-order valence-corrected chi connectivity index (χ4v) is 15.6. The first-order valence-corrected chi connectivity index (χ1v) is 39.8. The summed E-state index contributed by atoms with van der Waals surface area (Å²) in [7, 11) is 2.33. The monoisotopic (exact) mass is 1850 g/mol. The molecule has 0 amide bonds. The Morgan fingerprint density at radius 1 is 0.160 bits per heavy atom. The number of hydrogen-bond acceptors (Lipinski definition) is 56. The molecule has 35 N–H and O–H groups in total. The van der Waals surface area contributed by atoms with Crippen molar-refractivity contribution in [1.82, 2.24) is 0 Å². The molecule has 55 atom stereocenters. The maximum atomic E-state index is 11.8. The third-order valence-corrected chi connectivity index (χ3v) is 23.4. The molecule has 11 heterocycles. The molecule has 0 aromatic heterocycles. The molecule has 11 aliphatic rings. The molecule has 734 valence electrons. The number of hydrogen-bond donors (Lipinski definition) is 35. The van der Waals surface area contributed by atoms with E-state index in [1.165, 1.54) is 21.0 Å². The zero-order chi connectivity index (χ0) is 92.7. The van der Waals surface area contributed by atoms with Crippen LogP contribution in [0.4, 0.5) is 0 Å². The van der Waals surface area contributed by atoms with Gasteiger partial charge < -0.3 is 278 Å². The highest BCUT2D eigenvalue weighted by molar-refractivity contribution is 5.03. The van der Waals surface area contributed by atoms with E-state index in [1.807, 2.05) is 0 Å². The summed E-state index contributed by atoms with van der Waals surface area (Å²) < 4.78 is 114. The van der Waals surface area contributed by atoms with Gasteiger partial charge in [-0.05, 0) is 0 Å². The highest BCUT2D eigenvalue weighted by Crippen LogP contribution is 2.41. The van der Waals surface area contributed by atoms with E-state index >= 15 is 0 Å². The second kappa shape index (κ2) is 47.3. The van der Waals surface area contributed by atoms with E-state index in [9.17, 15) is 174 Å². The van der Waals surface area contributed by atoms with E-state index in [1.54, 1.807) is 0 Å². The Kier molecular flexibility index (Phi) is 40.3. The van der Waals surface area contributed by atoms with Crippen LogP contribution in [0.1, 0.15) is 13.8 Å². The molecule has 0 bridgehead atoms. The standard InChI is InChI=1S/C37H64O30.C19H34O16.C13H24O10/c1-8-14(43)9(3-38)58-32(15(8)44)62-28-18(47)12(6-41)61-35(23(28)52)65-30-25(54)36(67-37(26(30)55)66-33-21(50)20(49)16(45)10(4-39)59-33)64-29-19(48)13(7-42)60-34(24(29)53)63-27-17(46)11(5-40)57-31(56-2)22(27)51;1-30-17-13(28)15(9(24)6(3-21)31-17)35-19-14(29)16(10(25)7(4-22)33-19)34-18-12(27)11(26)8(23)5(2-20)32-18;1-4-7(16)5(2-14)22-13(8(4)17)23-11-9(18)6(3-15)21-12(20)10(11)19/h8-55H,3-7H2,1-2H3;5-29H,2-4H2,1H3;4-20H,2-3H2,1H3/t8-,9?,10?,11?,12?,13?,14-,15?,16+,17+,18+,19+,20-,21?,22?,23?,24?,25?,26-,27-,28-,29-,30+,31+,32-,33-,34-,35-,36+,37?;5?,6?,7?,8-,9-,10-,11+,12?,13?,14?,15+,16+,17-,18+,19+;4-,5?,6?,7-,8?,9+,10?,11-,12+,13-/m010/s1. The summed E-state index contributed by atoms with van der Waals surface area (Å²) in [4.78, 5) is 0. The molecule has 0 radical (unpaired) electrons. The first-order chi connectivity index (χ1) is 59.2. The minimum atomic E-state index is -2.35. The van der Waals surface area contributed by atoms with Crippen LogP contribution in [0.5, 0.6) is 0 Å². The Bertz CT molecular complexity index is 3070. The third kappa shape index (κ3) is 23.3. The van der Waals surface area contributed by atoms with Crippen molar-refractivity contribution in [3.8, 4) is 0 Å². The Labute approximate surface area is 708 Å². The molecule has 56 heteroatoms. The lowest BCUT2D eigenvalue weighted by molar-refractivity contribution is -0.428. The first-order valence-electron chi connectivity index (χ1n) is 39.8. The van der Waals surface area contributed by atoms with Crippen LogP contribution in [0, 0.1) is 11.8 Å². The summed E-state index contributed by atoms with van der Waals surface area (Å²) in [6.07, 6.45) is -91.6. The van der Waals surface area contributed by atoms with E-state index in [0.717, 1.165) is 7.11 Å². The van der Waals surface area contributed by atoms with E-state index in [0.29, 0.717) is 0 Å². The van der Waals surface area contributed by atoms with Gasteiger partial charge in [-0.2, -0.15) is 0 Å². The van der Waals surface area contributed by atoms with Gasteiger partial charge in [0.1, 0.15) is 238 Å². The van der Waals surface area contributed by atoms with Gasteiger partial charge in [0.25, 0.3) is 0 Å². The molecule has 0 aromatic rings. The van der Waals surface area contributed by atoms with Crippen molar-refractivity contribution in [2.75, 3.05) is 80.3 Å². The SMILES string of the molecule is CO[C@@H]1OC(CO)[C@@H](O)[C@H](O[C@@H]2OC(CO)[C@@H](O)[C@H](O[C@@H]3OC(CO)[C@@H](O)[C@H](O)C3O)C2O)C1O.CO[C@@H]1OC(CO)[C@@H](O)[C@H](O[C@@H]2OC(CO)[C@@H](O)[C@H](O[C@@H]3OC(O[C@@H]4OC(CO)[C@@H](O)[C@H](O)C4O)[C@@H](O)[C@H](O[C@@H]4OC(CO)[C@@H](O)[C@H](O[C@@H]5OC(CO)[C@@H](O)[C@H](C)C5O)C4O)C3O)C2O)C1O.C[C@@H]1C(O)[C@H](O[C@@H]2C(O)[C@H](O)OC(CO)[C@H]2O)OC(CO)[C@H]1O. The highest BCUT2D eigenvalue weighted by atomic mass is 16.8. The molecule has 22 unspecified atom stereocenters. The molecule has 11 fully saturated rings. The van der Waals surface area contributed by atoms with Crippen molar-refractivity contribution < 1.29 is 278 Å². The maximum Gasteiger partial charge on any atom is 0.192 e. The molecule has 56 nitrogen and oxygen atoms in total. The summed E-state index contributed by atoms with van der Waals surface area (Å²) in [5.41, 5.74) is 0. The molecule has 0 aliphatic carbocycles. The zero-order valence-corrected chi connectivity index (χ0v) is 67.1. The van der Waals surface area contributed by atoms with Gasteiger partial charge in [0.2, 0.25) is 0 Å². The van der Waals surface area contributed by atoms with Gasteiger partial charge >= 0.3 is 0 Å². The summed E-state index contributed by atoms with van der Waals surface area (Å²) in [5.74, 6) is -1.68. The molecule has 0 saturated carbocycles. The lowest BCUT2D eigenvalue weighted by Gasteiger charge is -2.50. The Balaban J connectivity index is 0.000000251. The lowest BCUT2D eigenvalue weighted by atomic mass is 9.90. The van der Waals surface area contributed by atoms with E-state index in [2.05, 4.69) is 0 Å². The van der Waals surface area contributed by atoms with Crippen LogP contribution in [0.25, 0.3) is 0 Å². The fourth-order valence-electron chi connectivity index (χ4n) is 15.6. The smallest absolute Gasteiger partial charge is 0.192 e. The second-order valence-electron chi connectivity index (χ2n) is 31.5. The van der Waals surface area contributed by atoms with E-state index < -0.39 is 404 Å². The largest absolute Gasteiger partial charge is 0.394 e. The van der Waals surface area contributed by atoms with Crippen molar-refractivity contribution in [2.45, 2.75) is 340 Å². The van der Waals surface area contributed by atoms with Gasteiger partial charge in [-0.3, -0.25) is 0 Å². The molecule has 0 aromatic carbocycles.